The highest BCUT2D eigenvalue weighted by atomic mass is 15.1. The second-order valence-corrected chi connectivity index (χ2v) is 13.4. The second kappa shape index (κ2) is 12.9. The number of benzene rings is 8. The van der Waals surface area contributed by atoms with E-state index in [1.54, 1.807) is 0 Å². The molecule has 53 heavy (non-hydrogen) atoms. The smallest absolute Gasteiger partial charge is 0.162 e. The van der Waals surface area contributed by atoms with Gasteiger partial charge in [0.1, 0.15) is 5.82 Å². The molecule has 0 aliphatic rings. The Morgan fingerprint density at radius 1 is 0.340 bits per heavy atom. The third kappa shape index (κ3) is 5.38. The number of rotatable bonds is 6. The number of fused-ring (bicyclic) bond motifs is 4. The fraction of sp³-hybridized carbons (Fsp3) is 0. The monoisotopic (exact) mass is 675 g/mol. The van der Waals surface area contributed by atoms with E-state index < -0.39 is 0 Å². The summed E-state index contributed by atoms with van der Waals surface area (Å²) in [6.07, 6.45) is 0. The minimum atomic E-state index is 0.676. The number of hydrogen-bond donors (Lipinski definition) is 0. The van der Waals surface area contributed by atoms with Gasteiger partial charge in [0.05, 0.1) is 16.7 Å². The van der Waals surface area contributed by atoms with Crippen LogP contribution >= 0.6 is 0 Å². The number of nitrogens with zero attached hydrogens (tertiary/aromatic N) is 3. The molecule has 0 aliphatic heterocycles. The van der Waals surface area contributed by atoms with Crippen LogP contribution in [0.2, 0.25) is 0 Å². The van der Waals surface area contributed by atoms with Crippen LogP contribution in [0.3, 0.4) is 0 Å². The molecule has 0 radical (unpaired) electrons. The van der Waals surface area contributed by atoms with Crippen molar-refractivity contribution in [2.75, 3.05) is 0 Å². The molecule has 0 aliphatic carbocycles. The van der Waals surface area contributed by atoms with E-state index in [1.165, 1.54) is 38.2 Å². The van der Waals surface area contributed by atoms with Crippen LogP contribution in [-0.4, -0.2) is 14.5 Å². The first-order chi connectivity index (χ1) is 26.3. The summed E-state index contributed by atoms with van der Waals surface area (Å²) in [6, 6.07) is 70.9. The van der Waals surface area contributed by atoms with Gasteiger partial charge in [-0.1, -0.05) is 176 Å². The Labute approximate surface area is 308 Å². The lowest BCUT2D eigenvalue weighted by atomic mass is 9.89. The van der Waals surface area contributed by atoms with Gasteiger partial charge in [0.25, 0.3) is 0 Å². The van der Waals surface area contributed by atoms with Gasteiger partial charge in [-0.3, -0.25) is 4.57 Å². The zero-order valence-corrected chi connectivity index (χ0v) is 28.9. The second-order valence-electron chi connectivity index (χ2n) is 13.4. The highest BCUT2D eigenvalue weighted by Crippen LogP contribution is 2.41. The van der Waals surface area contributed by atoms with Crippen molar-refractivity contribution in [3.05, 3.63) is 200 Å². The lowest BCUT2D eigenvalue weighted by Crippen LogP contribution is -2.03. The molecule has 0 fully saturated rings. The Morgan fingerprint density at radius 3 is 1.58 bits per heavy atom. The molecule has 0 N–H and O–H groups in total. The van der Waals surface area contributed by atoms with E-state index in [-0.39, 0.29) is 0 Å². The quantitative estimate of drug-likeness (QED) is 0.176. The van der Waals surface area contributed by atoms with Crippen molar-refractivity contribution in [2.24, 2.45) is 0 Å². The largest absolute Gasteiger partial charge is 0.294 e. The fourth-order valence-electron chi connectivity index (χ4n) is 7.82. The van der Waals surface area contributed by atoms with E-state index in [0.717, 1.165) is 50.4 Å². The van der Waals surface area contributed by atoms with Crippen molar-refractivity contribution in [1.82, 2.24) is 14.5 Å². The van der Waals surface area contributed by atoms with Crippen molar-refractivity contribution < 1.29 is 0 Å². The van der Waals surface area contributed by atoms with Gasteiger partial charge in [0.2, 0.25) is 0 Å². The molecule has 248 valence electrons. The molecule has 0 amide bonds. The molecule has 0 saturated heterocycles. The number of aromatic nitrogens is 3. The summed E-state index contributed by atoms with van der Waals surface area (Å²) >= 11 is 0. The van der Waals surface area contributed by atoms with E-state index in [0.29, 0.717) is 5.82 Å². The predicted molar refractivity (Wildman–Crippen MR) is 221 cm³/mol. The van der Waals surface area contributed by atoms with Crippen LogP contribution in [0.15, 0.2) is 200 Å². The molecule has 0 spiro atoms. The average Bonchev–Trinajstić information content (AvgIpc) is 3.58. The Balaban J connectivity index is 1.24. The third-order valence-electron chi connectivity index (χ3n) is 10.2. The fourth-order valence-corrected chi connectivity index (χ4v) is 7.82. The highest BCUT2D eigenvalue weighted by molar-refractivity contribution is 6.10. The minimum absolute atomic E-state index is 0.676. The average molecular weight is 676 g/mol. The standard InChI is InChI=1S/C50H33N3/c1-3-16-34(17-4-1)37-22-13-23-38(32-37)50-51-45(33-48(52-50)53-46-30-11-9-26-42(46)43-27-10-12-31-47(43)53)41-25-8-7-24-40(41)44-29-15-21-36-20-14-28-39(49(36)44)35-18-5-2-6-19-35/h1-33H. The van der Waals surface area contributed by atoms with Gasteiger partial charge in [-0.05, 0) is 62.4 Å². The Bertz CT molecular complexity index is 2880. The van der Waals surface area contributed by atoms with Crippen LogP contribution in [0, 0.1) is 0 Å². The summed E-state index contributed by atoms with van der Waals surface area (Å²) < 4.78 is 2.29. The third-order valence-corrected chi connectivity index (χ3v) is 10.2. The molecule has 0 saturated carbocycles. The van der Waals surface area contributed by atoms with Gasteiger partial charge >= 0.3 is 0 Å². The predicted octanol–water partition coefficient (Wildman–Crippen LogP) is 13.1. The van der Waals surface area contributed by atoms with Gasteiger partial charge in [-0.2, -0.15) is 0 Å². The summed E-state index contributed by atoms with van der Waals surface area (Å²) in [4.78, 5) is 10.8. The van der Waals surface area contributed by atoms with E-state index >= 15 is 0 Å². The highest BCUT2D eigenvalue weighted by Gasteiger charge is 2.19. The van der Waals surface area contributed by atoms with Crippen LogP contribution < -0.4 is 0 Å². The molecule has 0 unspecified atom stereocenters. The molecule has 3 nitrogen and oxygen atoms in total. The topological polar surface area (TPSA) is 30.7 Å². The maximum atomic E-state index is 5.40. The maximum absolute atomic E-state index is 5.40. The summed E-state index contributed by atoms with van der Waals surface area (Å²) in [5, 5.41) is 4.81. The molecule has 2 aromatic heterocycles. The summed E-state index contributed by atoms with van der Waals surface area (Å²) in [6.45, 7) is 0. The SMILES string of the molecule is c1ccc(-c2cccc(-c3nc(-c4ccccc4-c4cccc5cccc(-c6ccccc6)c45)cc(-n4c5ccccc5c5ccccc54)n3)c2)cc1. The molecular weight excluding hydrogens is 643 g/mol. The van der Waals surface area contributed by atoms with Crippen LogP contribution in [0.25, 0.3) is 94.4 Å². The molecular formula is C50H33N3. The van der Waals surface area contributed by atoms with Crippen molar-refractivity contribution in [3.8, 4) is 61.8 Å². The summed E-state index contributed by atoms with van der Waals surface area (Å²) in [5.41, 5.74) is 12.1. The van der Waals surface area contributed by atoms with Gasteiger partial charge in [-0.15, -0.1) is 0 Å². The van der Waals surface area contributed by atoms with Gasteiger partial charge in [0.15, 0.2) is 5.82 Å². The van der Waals surface area contributed by atoms with E-state index in [4.69, 9.17) is 9.97 Å². The first kappa shape index (κ1) is 30.7. The Hall–Kier alpha value is -7.10. The Kier molecular flexibility index (Phi) is 7.47. The zero-order valence-electron chi connectivity index (χ0n) is 28.9. The van der Waals surface area contributed by atoms with E-state index in [1.807, 2.05) is 6.07 Å². The van der Waals surface area contributed by atoms with Crippen LogP contribution in [0.4, 0.5) is 0 Å². The first-order valence-electron chi connectivity index (χ1n) is 18.0. The molecule has 10 rings (SSSR count). The lowest BCUT2D eigenvalue weighted by Gasteiger charge is -2.17. The van der Waals surface area contributed by atoms with Crippen molar-refractivity contribution in [3.63, 3.8) is 0 Å². The van der Waals surface area contributed by atoms with Crippen molar-refractivity contribution in [2.45, 2.75) is 0 Å². The lowest BCUT2D eigenvalue weighted by molar-refractivity contribution is 1.05. The van der Waals surface area contributed by atoms with Crippen LogP contribution in [0.1, 0.15) is 0 Å². The maximum Gasteiger partial charge on any atom is 0.162 e. The van der Waals surface area contributed by atoms with Crippen molar-refractivity contribution >= 4 is 32.6 Å². The minimum Gasteiger partial charge on any atom is -0.294 e. The zero-order chi connectivity index (χ0) is 35.1. The van der Waals surface area contributed by atoms with Crippen LogP contribution in [-0.2, 0) is 0 Å². The Morgan fingerprint density at radius 2 is 0.868 bits per heavy atom. The molecule has 8 aromatic carbocycles. The summed E-state index contributed by atoms with van der Waals surface area (Å²) in [7, 11) is 0. The molecule has 10 aromatic rings. The van der Waals surface area contributed by atoms with Gasteiger partial charge in [0, 0.05) is 28.0 Å². The summed E-state index contributed by atoms with van der Waals surface area (Å²) in [5.74, 6) is 1.50. The van der Waals surface area contributed by atoms with Gasteiger partial charge in [-0.25, -0.2) is 9.97 Å². The normalized spacial score (nSPS) is 11.4. The van der Waals surface area contributed by atoms with Crippen molar-refractivity contribution in [1.29, 1.82) is 0 Å². The van der Waals surface area contributed by atoms with Crippen LogP contribution in [0.5, 0.6) is 0 Å². The first-order valence-corrected chi connectivity index (χ1v) is 18.0. The van der Waals surface area contributed by atoms with Gasteiger partial charge < -0.3 is 0 Å². The molecule has 2 heterocycles. The number of para-hydroxylation sites is 2. The number of hydrogen-bond acceptors (Lipinski definition) is 2. The van der Waals surface area contributed by atoms with E-state index in [2.05, 4.69) is 199 Å². The molecule has 0 atom stereocenters. The molecule has 3 heteroatoms. The van der Waals surface area contributed by atoms with E-state index in [9.17, 15) is 0 Å². The molecule has 0 bridgehead atoms.